The summed E-state index contributed by atoms with van der Waals surface area (Å²) in [5, 5.41) is 9.43. The van der Waals surface area contributed by atoms with Gasteiger partial charge in [-0.05, 0) is 53.9 Å². The van der Waals surface area contributed by atoms with Gasteiger partial charge in [-0.25, -0.2) is 4.98 Å². The molecule has 1 aliphatic heterocycles. The Balaban J connectivity index is 1.07. The molecule has 0 saturated heterocycles. The number of amides is 2. The molecule has 3 aromatic carbocycles. The van der Waals surface area contributed by atoms with Crippen molar-refractivity contribution in [3.8, 4) is 34.6 Å². The van der Waals surface area contributed by atoms with Crippen LogP contribution in [0.1, 0.15) is 38.3 Å². The molecule has 3 heterocycles. The maximum absolute atomic E-state index is 12.4. The van der Waals surface area contributed by atoms with E-state index in [1.54, 1.807) is 50.7 Å². The first-order valence-electron chi connectivity index (χ1n) is 14.6. The highest BCUT2D eigenvalue weighted by atomic mass is 32.2. The highest BCUT2D eigenvalue weighted by Gasteiger charge is 2.36. The zero-order valence-electron chi connectivity index (χ0n) is 25.6. The molecular formula is C34H30N4O8S. The summed E-state index contributed by atoms with van der Waals surface area (Å²) in [5.41, 5.74) is 2.98. The zero-order valence-corrected chi connectivity index (χ0v) is 26.4. The maximum atomic E-state index is 12.4. The Morgan fingerprint density at radius 2 is 1.36 bits per heavy atom. The van der Waals surface area contributed by atoms with Crippen molar-refractivity contribution >= 4 is 23.6 Å². The number of imide groups is 1. The first-order valence-corrected chi connectivity index (χ1v) is 15.6. The first-order chi connectivity index (χ1) is 23.0. The summed E-state index contributed by atoms with van der Waals surface area (Å²) in [4.78, 5) is 34.9. The average Bonchev–Trinajstić information content (AvgIpc) is 3.69. The Hall–Kier alpha value is -5.40. The Kier molecular flexibility index (Phi) is 9.94. The second kappa shape index (κ2) is 14.8. The van der Waals surface area contributed by atoms with Crippen LogP contribution in [0, 0.1) is 0 Å². The third kappa shape index (κ3) is 7.54. The molecule has 0 spiro atoms. The summed E-state index contributed by atoms with van der Waals surface area (Å²) in [6, 6.07) is 23.5. The number of hydrogen-bond donors (Lipinski definition) is 0. The molecule has 2 aromatic heterocycles. The van der Waals surface area contributed by atoms with Gasteiger partial charge in [-0.2, -0.15) is 0 Å². The standard InChI is InChI=1S/C34H30N4O8S/c1-41-24-12-8-22(9-13-24)20-43-29-18-28(35-19-30(29)44-21-23-10-14-25(42-2)15-11-23)31-36-37-34(46-31)47-17-5-16-45-38-32(39)26-6-3-4-7-27(26)33(38)40/h3-4,6-15,18-19H,5,16-17,20-21H2,1-2H3. The highest BCUT2D eigenvalue weighted by molar-refractivity contribution is 7.99. The Morgan fingerprint density at radius 3 is 1.96 bits per heavy atom. The fourth-order valence-corrected chi connectivity index (χ4v) is 5.23. The predicted molar refractivity (Wildman–Crippen MR) is 170 cm³/mol. The van der Waals surface area contributed by atoms with Crippen molar-refractivity contribution in [1.82, 2.24) is 20.2 Å². The van der Waals surface area contributed by atoms with Crippen molar-refractivity contribution < 1.29 is 37.8 Å². The number of aromatic nitrogens is 3. The summed E-state index contributed by atoms with van der Waals surface area (Å²) < 4.78 is 28.6. The number of ether oxygens (including phenoxy) is 4. The highest BCUT2D eigenvalue weighted by Crippen LogP contribution is 2.33. The lowest BCUT2D eigenvalue weighted by Crippen LogP contribution is -2.30. The van der Waals surface area contributed by atoms with Gasteiger partial charge in [-0.3, -0.25) is 14.4 Å². The van der Waals surface area contributed by atoms with Gasteiger partial charge >= 0.3 is 0 Å². The van der Waals surface area contributed by atoms with Crippen LogP contribution in [0.5, 0.6) is 23.0 Å². The molecule has 0 radical (unpaired) electrons. The van der Waals surface area contributed by atoms with Gasteiger partial charge in [0.25, 0.3) is 22.9 Å². The summed E-state index contributed by atoms with van der Waals surface area (Å²) in [6.07, 6.45) is 2.09. The Labute approximate surface area is 274 Å². The minimum atomic E-state index is -0.461. The van der Waals surface area contributed by atoms with Crippen molar-refractivity contribution in [3.63, 3.8) is 0 Å². The lowest BCUT2D eigenvalue weighted by atomic mass is 10.1. The SMILES string of the molecule is COc1ccc(COc2cnc(-c3nnc(SCCCON4C(=O)c5ccccc5C4=O)o3)cc2OCc2ccc(OC)cc2)cc1. The van der Waals surface area contributed by atoms with E-state index in [0.29, 0.717) is 52.3 Å². The largest absolute Gasteiger partial charge is 0.497 e. The van der Waals surface area contributed by atoms with E-state index in [1.165, 1.54) is 11.8 Å². The second-order valence-electron chi connectivity index (χ2n) is 10.1. The number of nitrogens with zero attached hydrogens (tertiary/aromatic N) is 4. The van der Waals surface area contributed by atoms with Gasteiger partial charge in [-0.1, -0.05) is 48.2 Å². The van der Waals surface area contributed by atoms with Crippen molar-refractivity contribution in [2.24, 2.45) is 0 Å². The van der Waals surface area contributed by atoms with Crippen LogP contribution >= 0.6 is 11.8 Å². The van der Waals surface area contributed by atoms with Gasteiger partial charge in [0, 0.05) is 11.8 Å². The lowest BCUT2D eigenvalue weighted by molar-refractivity contribution is -0.0907. The van der Waals surface area contributed by atoms with Gasteiger partial charge in [-0.15, -0.1) is 15.3 Å². The molecule has 0 atom stereocenters. The van der Waals surface area contributed by atoms with Crippen molar-refractivity contribution in [2.75, 3.05) is 26.6 Å². The van der Waals surface area contributed by atoms with E-state index in [0.717, 1.165) is 27.7 Å². The first kappa shape index (κ1) is 31.6. The maximum Gasteiger partial charge on any atom is 0.285 e. The van der Waals surface area contributed by atoms with Gasteiger partial charge in [0.1, 0.15) is 30.4 Å². The quantitative estimate of drug-likeness (QED) is 0.0742. The van der Waals surface area contributed by atoms with Crippen molar-refractivity contribution in [2.45, 2.75) is 24.9 Å². The number of methoxy groups -OCH3 is 2. The number of hydrogen-bond acceptors (Lipinski definition) is 12. The summed E-state index contributed by atoms with van der Waals surface area (Å²) in [7, 11) is 3.24. The van der Waals surface area contributed by atoms with E-state index >= 15 is 0 Å². The van der Waals surface area contributed by atoms with Crippen LogP contribution in [-0.2, 0) is 18.1 Å². The van der Waals surface area contributed by atoms with E-state index in [2.05, 4.69) is 15.2 Å². The molecule has 6 rings (SSSR count). The molecular weight excluding hydrogens is 624 g/mol. The minimum Gasteiger partial charge on any atom is -0.497 e. The number of pyridine rings is 1. The van der Waals surface area contributed by atoms with Gasteiger partial charge in [0.2, 0.25) is 0 Å². The van der Waals surface area contributed by atoms with E-state index in [4.69, 9.17) is 28.2 Å². The summed E-state index contributed by atoms with van der Waals surface area (Å²) in [5.74, 6) is 2.26. The third-order valence-electron chi connectivity index (χ3n) is 7.06. The molecule has 2 amide bonds. The zero-order chi connectivity index (χ0) is 32.6. The van der Waals surface area contributed by atoms with Crippen molar-refractivity contribution in [1.29, 1.82) is 0 Å². The molecule has 47 heavy (non-hydrogen) atoms. The molecule has 0 N–H and O–H groups in total. The molecule has 0 fully saturated rings. The molecule has 0 bridgehead atoms. The normalized spacial score (nSPS) is 12.3. The molecule has 1 aliphatic rings. The van der Waals surface area contributed by atoms with Crippen molar-refractivity contribution in [3.05, 3.63) is 107 Å². The summed E-state index contributed by atoms with van der Waals surface area (Å²) >= 11 is 1.32. The van der Waals surface area contributed by atoms with Gasteiger partial charge in [0.15, 0.2) is 11.5 Å². The molecule has 240 valence electrons. The van der Waals surface area contributed by atoms with Crippen LogP contribution in [0.25, 0.3) is 11.6 Å². The molecule has 0 unspecified atom stereocenters. The minimum absolute atomic E-state index is 0.161. The molecule has 0 aliphatic carbocycles. The number of hydroxylamine groups is 2. The van der Waals surface area contributed by atoms with Crippen LogP contribution < -0.4 is 18.9 Å². The number of fused-ring (bicyclic) bond motifs is 1. The van der Waals surface area contributed by atoms with Crippen LogP contribution in [0.2, 0.25) is 0 Å². The van der Waals surface area contributed by atoms with E-state index in [-0.39, 0.29) is 19.1 Å². The molecule has 0 saturated carbocycles. The second-order valence-corrected chi connectivity index (χ2v) is 11.2. The fraction of sp³-hybridized carbons (Fsp3) is 0.206. The number of thioether (sulfide) groups is 1. The monoisotopic (exact) mass is 654 g/mol. The van der Waals surface area contributed by atoms with Crippen LogP contribution in [-0.4, -0.2) is 58.6 Å². The predicted octanol–water partition coefficient (Wildman–Crippen LogP) is 6.02. The number of rotatable bonds is 15. The van der Waals surface area contributed by atoms with Gasteiger partial charge < -0.3 is 23.4 Å². The van der Waals surface area contributed by atoms with E-state index in [9.17, 15) is 9.59 Å². The van der Waals surface area contributed by atoms with Crippen LogP contribution in [0.15, 0.2) is 94.7 Å². The number of carbonyl (C=O) groups is 2. The third-order valence-corrected chi connectivity index (χ3v) is 7.96. The molecule has 13 heteroatoms. The smallest absolute Gasteiger partial charge is 0.285 e. The molecule has 12 nitrogen and oxygen atoms in total. The Morgan fingerprint density at radius 1 is 0.766 bits per heavy atom. The average molecular weight is 655 g/mol. The van der Waals surface area contributed by atoms with E-state index in [1.807, 2.05) is 48.5 Å². The summed E-state index contributed by atoms with van der Waals surface area (Å²) in [6.45, 7) is 0.732. The lowest BCUT2D eigenvalue weighted by Gasteiger charge is -2.14. The number of benzene rings is 3. The van der Waals surface area contributed by atoms with Crippen LogP contribution in [0.3, 0.4) is 0 Å². The number of carbonyl (C=O) groups excluding carboxylic acids is 2. The topological polar surface area (TPSA) is 135 Å². The van der Waals surface area contributed by atoms with Crippen LogP contribution in [0.4, 0.5) is 0 Å². The fourth-order valence-electron chi connectivity index (χ4n) is 4.56. The van der Waals surface area contributed by atoms with Gasteiger partial charge in [0.05, 0.1) is 38.2 Å². The van der Waals surface area contributed by atoms with E-state index < -0.39 is 11.8 Å². The Bertz CT molecular complexity index is 1810. The molecule has 5 aromatic rings.